The van der Waals surface area contributed by atoms with Gasteiger partial charge in [-0.15, -0.1) is 43.1 Å². The van der Waals surface area contributed by atoms with Gasteiger partial charge in [0.1, 0.15) is 21.2 Å². The third-order valence-electron chi connectivity index (χ3n) is 6.75. The van der Waals surface area contributed by atoms with E-state index in [0.29, 0.717) is 31.9 Å². The highest BCUT2D eigenvalue weighted by Crippen LogP contribution is 2.43. The summed E-state index contributed by atoms with van der Waals surface area (Å²) in [5, 5.41) is 34.5. The molecule has 4 aromatic heterocycles. The van der Waals surface area contributed by atoms with Crippen molar-refractivity contribution >= 4 is 89.9 Å². The fourth-order valence-corrected chi connectivity index (χ4v) is 8.07. The highest BCUT2D eigenvalue weighted by atomic mass is 32.1. The first-order valence-electron chi connectivity index (χ1n) is 15.7. The average molecular weight is 763 g/mol. The Morgan fingerprint density at radius 2 is 1.08 bits per heavy atom. The van der Waals surface area contributed by atoms with E-state index < -0.39 is 23.4 Å². The molecule has 0 radical (unpaired) electrons. The van der Waals surface area contributed by atoms with Gasteiger partial charge in [-0.3, -0.25) is 20.2 Å². The van der Waals surface area contributed by atoms with E-state index in [4.69, 9.17) is 9.47 Å². The number of thiazole rings is 2. The summed E-state index contributed by atoms with van der Waals surface area (Å²) >= 11 is 5.10. The van der Waals surface area contributed by atoms with Crippen LogP contribution in [0.1, 0.15) is 100 Å². The Bertz CT molecular complexity index is 1690. The molecule has 4 heterocycles. The number of ether oxygens (including phenoxy) is 2. The van der Waals surface area contributed by atoms with Crippen molar-refractivity contribution in [3.8, 4) is 0 Å². The fourth-order valence-electron chi connectivity index (χ4n) is 4.87. The summed E-state index contributed by atoms with van der Waals surface area (Å²) in [5.41, 5.74) is -0.247. The summed E-state index contributed by atoms with van der Waals surface area (Å²) in [6, 6.07) is 0. The standard InChI is InChI=1S/C30H38N10O6S4/c1-29(2,3)45-27(43)35-23-31-17(13-47-23)11-19(41)33-25-39-37-21(49-25)15-8-7-9-16(10-15)22-38-40-26(50-22)34-20(42)12-18-14-48-24(32-18)36-28(44)46-30(4,5)6/h13-16H,7-12H2,1-6H3,(H,31,35,43)(H,32,36,44)(H,33,39,41)(H,34,40,42)/t15-,16-/m0/s1. The van der Waals surface area contributed by atoms with Crippen LogP contribution in [0.2, 0.25) is 0 Å². The zero-order valence-electron chi connectivity index (χ0n) is 28.3. The number of carbonyl (C=O) groups excluding carboxylic acids is 4. The molecule has 0 bridgehead atoms. The molecule has 2 atom stereocenters. The van der Waals surface area contributed by atoms with Gasteiger partial charge < -0.3 is 20.1 Å². The van der Waals surface area contributed by atoms with Gasteiger partial charge >= 0.3 is 12.2 Å². The van der Waals surface area contributed by atoms with Gasteiger partial charge in [0.25, 0.3) is 0 Å². The average Bonchev–Trinajstić information content (AvgIpc) is 3.81. The Morgan fingerprint density at radius 3 is 1.48 bits per heavy atom. The second kappa shape index (κ2) is 15.8. The topological polar surface area (TPSA) is 212 Å². The van der Waals surface area contributed by atoms with Crippen LogP contribution < -0.4 is 21.3 Å². The van der Waals surface area contributed by atoms with Gasteiger partial charge in [0.05, 0.1) is 24.2 Å². The molecule has 16 nitrogen and oxygen atoms in total. The molecule has 1 saturated carbocycles. The highest BCUT2D eigenvalue weighted by Gasteiger charge is 2.30. The Labute approximate surface area is 304 Å². The number of hydrogen-bond donors (Lipinski definition) is 4. The number of carbonyl (C=O) groups is 4. The van der Waals surface area contributed by atoms with E-state index in [1.165, 1.54) is 45.3 Å². The number of nitrogens with one attached hydrogen (secondary N) is 4. The van der Waals surface area contributed by atoms with Crippen molar-refractivity contribution in [1.82, 2.24) is 30.4 Å². The van der Waals surface area contributed by atoms with Gasteiger partial charge in [-0.1, -0.05) is 29.1 Å². The predicted octanol–water partition coefficient (Wildman–Crippen LogP) is 6.80. The Balaban J connectivity index is 1.08. The molecule has 1 aliphatic carbocycles. The van der Waals surface area contributed by atoms with Crippen LogP contribution in [0.25, 0.3) is 0 Å². The third kappa shape index (κ3) is 11.5. The van der Waals surface area contributed by atoms with Crippen LogP contribution in [0, 0.1) is 0 Å². The normalized spacial score (nSPS) is 16.4. The zero-order chi connectivity index (χ0) is 36.1. The molecule has 5 rings (SSSR count). The molecule has 0 spiro atoms. The lowest BCUT2D eigenvalue weighted by Gasteiger charge is -2.25. The van der Waals surface area contributed by atoms with Crippen LogP contribution in [0.15, 0.2) is 10.8 Å². The van der Waals surface area contributed by atoms with Crippen molar-refractivity contribution in [2.24, 2.45) is 0 Å². The summed E-state index contributed by atoms with van der Waals surface area (Å²) in [6.07, 6.45) is 2.44. The molecule has 50 heavy (non-hydrogen) atoms. The molecule has 20 heteroatoms. The second-order valence-corrected chi connectivity index (χ2v) is 17.2. The highest BCUT2D eigenvalue weighted by molar-refractivity contribution is 7.16. The molecule has 0 saturated heterocycles. The molecule has 4 amide bonds. The quantitative estimate of drug-likeness (QED) is 0.131. The predicted molar refractivity (Wildman–Crippen MR) is 192 cm³/mol. The van der Waals surface area contributed by atoms with Crippen LogP contribution in [0.3, 0.4) is 0 Å². The monoisotopic (exact) mass is 762 g/mol. The molecule has 1 fully saturated rings. The number of anilines is 4. The number of amides is 4. The van der Waals surface area contributed by atoms with Gasteiger partial charge in [-0.2, -0.15) is 0 Å². The molecule has 4 aromatic rings. The van der Waals surface area contributed by atoms with E-state index in [-0.39, 0.29) is 36.5 Å². The Hall–Kier alpha value is -4.14. The van der Waals surface area contributed by atoms with Gasteiger partial charge in [0.2, 0.25) is 22.1 Å². The first kappa shape index (κ1) is 37.1. The van der Waals surface area contributed by atoms with Crippen LogP contribution in [-0.2, 0) is 31.9 Å². The van der Waals surface area contributed by atoms with Gasteiger partial charge in [-0.25, -0.2) is 19.6 Å². The van der Waals surface area contributed by atoms with E-state index in [2.05, 4.69) is 51.6 Å². The lowest BCUT2D eigenvalue weighted by atomic mass is 9.82. The minimum atomic E-state index is -0.633. The minimum Gasteiger partial charge on any atom is -0.444 e. The number of aromatic nitrogens is 6. The third-order valence-corrected chi connectivity index (χ3v) is 10.4. The molecule has 0 aromatic carbocycles. The van der Waals surface area contributed by atoms with E-state index in [1.807, 2.05) is 0 Å². The molecule has 268 valence electrons. The molecule has 0 unspecified atom stereocenters. The zero-order valence-corrected chi connectivity index (χ0v) is 31.6. The largest absolute Gasteiger partial charge is 0.444 e. The van der Waals surface area contributed by atoms with E-state index in [0.717, 1.165) is 35.7 Å². The maximum atomic E-state index is 12.7. The van der Waals surface area contributed by atoms with Gasteiger partial charge in [-0.05, 0) is 60.8 Å². The summed E-state index contributed by atoms with van der Waals surface area (Å²) < 4.78 is 10.5. The van der Waals surface area contributed by atoms with Crippen LogP contribution in [-0.4, -0.2) is 65.6 Å². The summed E-state index contributed by atoms with van der Waals surface area (Å²) in [5.74, 6) is -0.294. The lowest BCUT2D eigenvalue weighted by molar-refractivity contribution is -0.116. The maximum absolute atomic E-state index is 12.7. The molecule has 4 N–H and O–H groups in total. The molecular weight excluding hydrogens is 725 g/mol. The van der Waals surface area contributed by atoms with E-state index in [9.17, 15) is 19.2 Å². The van der Waals surface area contributed by atoms with Crippen LogP contribution >= 0.6 is 45.3 Å². The number of rotatable bonds is 10. The summed E-state index contributed by atoms with van der Waals surface area (Å²) in [6.45, 7) is 10.6. The van der Waals surface area contributed by atoms with Crippen molar-refractivity contribution < 1.29 is 28.7 Å². The van der Waals surface area contributed by atoms with Gasteiger partial charge in [0.15, 0.2) is 10.3 Å². The first-order chi connectivity index (χ1) is 23.6. The fraction of sp³-hybridized carbons (Fsp3) is 0.533. The SMILES string of the molecule is CC(C)(C)OC(=O)Nc1nc(CC(=O)Nc2nnc([C@H]3CCC[C@H](c4nnc(NC(=O)Cc5csc(NC(=O)OC(C)(C)C)n5)s4)C3)s2)cs1. The van der Waals surface area contributed by atoms with Crippen molar-refractivity contribution in [3.05, 3.63) is 32.2 Å². The van der Waals surface area contributed by atoms with Crippen LogP contribution in [0.5, 0.6) is 0 Å². The Kier molecular flexibility index (Phi) is 11.7. The lowest BCUT2D eigenvalue weighted by Crippen LogP contribution is -2.27. The number of nitrogens with zero attached hydrogens (tertiary/aromatic N) is 6. The first-order valence-corrected chi connectivity index (χ1v) is 19.1. The smallest absolute Gasteiger partial charge is 0.413 e. The van der Waals surface area contributed by atoms with Crippen molar-refractivity contribution in [3.63, 3.8) is 0 Å². The van der Waals surface area contributed by atoms with Crippen molar-refractivity contribution in [1.29, 1.82) is 0 Å². The van der Waals surface area contributed by atoms with E-state index >= 15 is 0 Å². The van der Waals surface area contributed by atoms with Crippen molar-refractivity contribution in [2.45, 2.75) is 103 Å². The van der Waals surface area contributed by atoms with Gasteiger partial charge in [0, 0.05) is 22.6 Å². The number of hydrogen-bond acceptors (Lipinski definition) is 16. The van der Waals surface area contributed by atoms with Crippen molar-refractivity contribution in [2.75, 3.05) is 21.3 Å². The van der Waals surface area contributed by atoms with E-state index in [1.54, 1.807) is 52.3 Å². The maximum Gasteiger partial charge on any atom is 0.413 e. The molecule has 1 aliphatic rings. The molecule has 0 aliphatic heterocycles. The summed E-state index contributed by atoms with van der Waals surface area (Å²) in [4.78, 5) is 58.0. The van der Waals surface area contributed by atoms with Crippen LogP contribution in [0.4, 0.5) is 30.1 Å². The Morgan fingerprint density at radius 1 is 0.660 bits per heavy atom. The second-order valence-electron chi connectivity index (χ2n) is 13.4. The minimum absolute atomic E-state index is 0.0129. The molecular formula is C30H38N10O6S4. The summed E-state index contributed by atoms with van der Waals surface area (Å²) in [7, 11) is 0.